The number of carbonyl (C=O) groups is 1. The largest absolute Gasteiger partial charge is 0.395 e. The Bertz CT molecular complexity index is 433. The van der Waals surface area contributed by atoms with E-state index < -0.39 is 0 Å². The standard InChI is InChI=1S/C16H23NO2S/c1-20-15-8-6-13(7-9-15)16(19)11-17-10-4-2-3-5-14(17)12-18/h6-9,14,18H,2-5,10-12H2,1H3. The molecule has 1 heterocycles. The molecular formula is C16H23NO2S. The highest BCUT2D eigenvalue weighted by atomic mass is 32.2. The molecule has 1 atom stereocenters. The van der Waals surface area contributed by atoms with E-state index in [1.54, 1.807) is 11.8 Å². The Kier molecular flexibility index (Phi) is 6.07. The Hall–Kier alpha value is -0.840. The van der Waals surface area contributed by atoms with Gasteiger partial charge in [-0.1, -0.05) is 25.0 Å². The third-order valence-corrected chi connectivity index (χ3v) is 4.71. The van der Waals surface area contributed by atoms with E-state index in [9.17, 15) is 9.90 Å². The number of Topliss-reactive ketones (excluding diaryl/α,β-unsaturated/α-hetero) is 1. The summed E-state index contributed by atoms with van der Waals surface area (Å²) in [7, 11) is 0. The molecule has 110 valence electrons. The van der Waals surface area contributed by atoms with Gasteiger partial charge in [-0.05, 0) is 37.8 Å². The van der Waals surface area contributed by atoms with Crippen LogP contribution in [0.3, 0.4) is 0 Å². The maximum Gasteiger partial charge on any atom is 0.176 e. The Morgan fingerprint density at radius 1 is 1.30 bits per heavy atom. The van der Waals surface area contributed by atoms with Gasteiger partial charge in [0.25, 0.3) is 0 Å². The molecule has 0 amide bonds. The first kappa shape index (κ1) is 15.5. The number of hydrogen-bond acceptors (Lipinski definition) is 4. The number of aliphatic hydroxyl groups is 1. The minimum atomic E-state index is 0.145. The lowest BCUT2D eigenvalue weighted by molar-refractivity contribution is 0.0826. The van der Waals surface area contributed by atoms with Gasteiger partial charge in [0.1, 0.15) is 0 Å². The van der Waals surface area contributed by atoms with E-state index in [2.05, 4.69) is 4.90 Å². The lowest BCUT2D eigenvalue weighted by Crippen LogP contribution is -2.40. The number of nitrogens with zero attached hydrogens (tertiary/aromatic N) is 1. The first-order chi connectivity index (χ1) is 9.74. The summed E-state index contributed by atoms with van der Waals surface area (Å²) in [5.41, 5.74) is 0.767. The molecule has 0 spiro atoms. The van der Waals surface area contributed by atoms with Gasteiger partial charge in [-0.25, -0.2) is 0 Å². The number of likely N-dealkylation sites (tertiary alicyclic amines) is 1. The van der Waals surface area contributed by atoms with Crippen molar-refractivity contribution in [1.29, 1.82) is 0 Å². The molecule has 0 radical (unpaired) electrons. The number of aliphatic hydroxyl groups excluding tert-OH is 1. The summed E-state index contributed by atoms with van der Waals surface area (Å²) in [6, 6.07) is 7.93. The normalized spacial score (nSPS) is 20.6. The van der Waals surface area contributed by atoms with Crippen LogP contribution in [0.1, 0.15) is 36.0 Å². The van der Waals surface area contributed by atoms with E-state index >= 15 is 0 Å². The second-order valence-electron chi connectivity index (χ2n) is 5.31. The molecule has 0 bridgehead atoms. The van der Waals surface area contributed by atoms with Crippen molar-refractivity contribution in [3.05, 3.63) is 29.8 Å². The molecule has 3 nitrogen and oxygen atoms in total. The molecule has 4 heteroatoms. The molecular weight excluding hydrogens is 270 g/mol. The third kappa shape index (κ3) is 4.08. The van der Waals surface area contributed by atoms with E-state index in [4.69, 9.17) is 0 Å². The first-order valence-electron chi connectivity index (χ1n) is 7.26. The van der Waals surface area contributed by atoms with E-state index in [0.717, 1.165) is 31.4 Å². The zero-order valence-electron chi connectivity index (χ0n) is 12.0. The first-order valence-corrected chi connectivity index (χ1v) is 8.49. The van der Waals surface area contributed by atoms with Crippen LogP contribution < -0.4 is 0 Å². The van der Waals surface area contributed by atoms with Crippen LogP contribution in [0.5, 0.6) is 0 Å². The highest BCUT2D eigenvalue weighted by molar-refractivity contribution is 7.98. The summed E-state index contributed by atoms with van der Waals surface area (Å²) in [5, 5.41) is 9.48. The van der Waals surface area contributed by atoms with Crippen LogP contribution in [0.15, 0.2) is 29.2 Å². The van der Waals surface area contributed by atoms with Crippen molar-refractivity contribution in [2.75, 3.05) is 26.0 Å². The molecule has 1 fully saturated rings. The highest BCUT2D eigenvalue weighted by Crippen LogP contribution is 2.18. The molecule has 20 heavy (non-hydrogen) atoms. The minimum Gasteiger partial charge on any atom is -0.395 e. The fourth-order valence-corrected chi connectivity index (χ4v) is 3.11. The Labute approximate surface area is 125 Å². The number of thioether (sulfide) groups is 1. The third-order valence-electron chi connectivity index (χ3n) is 3.97. The van der Waals surface area contributed by atoms with Crippen LogP contribution in [0.2, 0.25) is 0 Å². The molecule has 0 aliphatic carbocycles. The molecule has 1 aliphatic rings. The molecule has 1 unspecified atom stereocenters. The van der Waals surface area contributed by atoms with Gasteiger partial charge in [0.15, 0.2) is 5.78 Å². The Morgan fingerprint density at radius 3 is 2.70 bits per heavy atom. The van der Waals surface area contributed by atoms with Gasteiger partial charge in [0.2, 0.25) is 0 Å². The maximum absolute atomic E-state index is 12.4. The van der Waals surface area contributed by atoms with Gasteiger partial charge in [0, 0.05) is 16.5 Å². The van der Waals surface area contributed by atoms with Crippen molar-refractivity contribution in [3.63, 3.8) is 0 Å². The maximum atomic E-state index is 12.4. The summed E-state index contributed by atoms with van der Waals surface area (Å²) >= 11 is 1.68. The Balaban J connectivity index is 2.00. The Morgan fingerprint density at radius 2 is 2.05 bits per heavy atom. The monoisotopic (exact) mass is 293 g/mol. The van der Waals surface area contributed by atoms with Crippen LogP contribution in [0, 0.1) is 0 Å². The molecule has 0 saturated carbocycles. The predicted molar refractivity (Wildman–Crippen MR) is 83.5 cm³/mol. The quantitative estimate of drug-likeness (QED) is 0.669. The molecule has 0 aromatic heterocycles. The number of benzene rings is 1. The second-order valence-corrected chi connectivity index (χ2v) is 6.19. The van der Waals surface area contributed by atoms with Crippen LogP contribution in [0.25, 0.3) is 0 Å². The van der Waals surface area contributed by atoms with Crippen LogP contribution in [-0.2, 0) is 0 Å². The molecule has 1 saturated heterocycles. The van der Waals surface area contributed by atoms with Crippen molar-refractivity contribution in [2.24, 2.45) is 0 Å². The van der Waals surface area contributed by atoms with Crippen LogP contribution in [-0.4, -0.2) is 47.8 Å². The summed E-state index contributed by atoms with van der Waals surface area (Å²) in [5.74, 6) is 0.151. The average Bonchev–Trinajstić information content (AvgIpc) is 2.72. The number of rotatable bonds is 5. The van der Waals surface area contributed by atoms with Crippen LogP contribution in [0.4, 0.5) is 0 Å². The van der Waals surface area contributed by atoms with Gasteiger partial charge in [-0.3, -0.25) is 9.69 Å². The number of carbonyl (C=O) groups excluding carboxylic acids is 1. The van der Waals surface area contributed by atoms with Crippen LogP contribution >= 0.6 is 11.8 Å². The van der Waals surface area contributed by atoms with Crippen molar-refractivity contribution < 1.29 is 9.90 Å². The fraction of sp³-hybridized carbons (Fsp3) is 0.562. The summed E-state index contributed by atoms with van der Waals surface area (Å²) in [6.07, 6.45) is 6.49. The van der Waals surface area contributed by atoms with Gasteiger partial charge < -0.3 is 5.11 Å². The van der Waals surface area contributed by atoms with Gasteiger partial charge >= 0.3 is 0 Å². The zero-order chi connectivity index (χ0) is 14.4. The smallest absolute Gasteiger partial charge is 0.176 e. The van der Waals surface area contributed by atoms with Crippen molar-refractivity contribution in [2.45, 2.75) is 36.6 Å². The molecule has 1 aromatic carbocycles. The average molecular weight is 293 g/mol. The van der Waals surface area contributed by atoms with Crippen molar-refractivity contribution >= 4 is 17.5 Å². The van der Waals surface area contributed by atoms with Gasteiger partial charge in [-0.15, -0.1) is 11.8 Å². The minimum absolute atomic E-state index is 0.145. The number of ketones is 1. The molecule has 1 aliphatic heterocycles. The second kappa shape index (κ2) is 7.81. The molecule has 2 rings (SSSR count). The predicted octanol–water partition coefficient (Wildman–Crippen LogP) is 2.83. The summed E-state index contributed by atoms with van der Waals surface area (Å²) < 4.78 is 0. The number of hydrogen-bond donors (Lipinski definition) is 1. The van der Waals surface area contributed by atoms with E-state index in [1.165, 1.54) is 11.3 Å². The van der Waals surface area contributed by atoms with Crippen molar-refractivity contribution in [1.82, 2.24) is 4.90 Å². The molecule has 1 aromatic rings. The van der Waals surface area contributed by atoms with Gasteiger partial charge in [-0.2, -0.15) is 0 Å². The molecule has 1 N–H and O–H groups in total. The summed E-state index contributed by atoms with van der Waals surface area (Å²) in [4.78, 5) is 15.7. The van der Waals surface area contributed by atoms with E-state index in [0.29, 0.717) is 6.54 Å². The topological polar surface area (TPSA) is 40.5 Å². The van der Waals surface area contributed by atoms with Gasteiger partial charge in [0.05, 0.1) is 13.2 Å². The van der Waals surface area contributed by atoms with E-state index in [-0.39, 0.29) is 18.4 Å². The SMILES string of the molecule is CSc1ccc(C(=O)CN2CCCCCC2CO)cc1. The van der Waals surface area contributed by atoms with E-state index in [1.807, 2.05) is 30.5 Å². The van der Waals surface area contributed by atoms with Crippen molar-refractivity contribution in [3.8, 4) is 0 Å². The zero-order valence-corrected chi connectivity index (χ0v) is 12.9. The highest BCUT2D eigenvalue weighted by Gasteiger charge is 2.22. The summed E-state index contributed by atoms with van der Waals surface area (Å²) in [6.45, 7) is 1.49. The lowest BCUT2D eigenvalue weighted by Gasteiger charge is -2.27. The fourth-order valence-electron chi connectivity index (χ4n) is 2.70. The lowest BCUT2D eigenvalue weighted by atomic mass is 10.1.